The van der Waals surface area contributed by atoms with Crippen LogP contribution >= 0.6 is 11.8 Å². The molecule has 1 aliphatic rings. The number of carbonyl (C=O) groups excluding carboxylic acids is 3. The van der Waals surface area contributed by atoms with Gasteiger partial charge in [-0.3, -0.25) is 14.4 Å². The molecule has 0 aliphatic carbocycles. The van der Waals surface area contributed by atoms with Gasteiger partial charge in [-0.2, -0.15) is 26.3 Å². The van der Waals surface area contributed by atoms with Crippen LogP contribution in [-0.2, 0) is 19.1 Å². The minimum atomic E-state index is -5.24. The van der Waals surface area contributed by atoms with E-state index in [0.717, 1.165) is 11.8 Å². The topological polar surface area (TPSA) is 84.5 Å². The molecule has 0 saturated heterocycles. The highest BCUT2D eigenvalue weighted by Crippen LogP contribution is 2.34. The van der Waals surface area contributed by atoms with Gasteiger partial charge in [-0.15, -0.1) is 11.8 Å². The van der Waals surface area contributed by atoms with Gasteiger partial charge in [-0.05, 0) is 12.8 Å². The van der Waals surface area contributed by atoms with Crippen LogP contribution in [0, 0.1) is 0 Å². The number of amides is 2. The van der Waals surface area contributed by atoms with Gasteiger partial charge < -0.3 is 15.4 Å². The van der Waals surface area contributed by atoms with Crippen LogP contribution in [0.15, 0.2) is 11.4 Å². The Kier molecular flexibility index (Phi) is 7.99. The van der Waals surface area contributed by atoms with Crippen molar-refractivity contribution < 1.29 is 45.5 Å². The predicted molar refractivity (Wildman–Crippen MR) is 82.2 cm³/mol. The van der Waals surface area contributed by atoms with E-state index in [-0.39, 0.29) is 18.6 Å². The van der Waals surface area contributed by atoms with Crippen LogP contribution in [-0.4, -0.2) is 48.2 Å². The van der Waals surface area contributed by atoms with E-state index in [0.29, 0.717) is 12.8 Å². The monoisotopic (exact) mass is 422 g/mol. The van der Waals surface area contributed by atoms with Crippen molar-refractivity contribution in [1.82, 2.24) is 10.6 Å². The van der Waals surface area contributed by atoms with E-state index in [1.807, 2.05) is 0 Å². The highest BCUT2D eigenvalue weighted by Gasteiger charge is 2.43. The van der Waals surface area contributed by atoms with Gasteiger partial charge in [0.15, 0.2) is 0 Å². The first-order valence-electron chi connectivity index (χ1n) is 7.54. The number of nitrogens with one attached hydrogen (secondary N) is 2. The first-order chi connectivity index (χ1) is 12.4. The molecule has 0 aromatic rings. The lowest BCUT2D eigenvalue weighted by Crippen LogP contribution is -2.41. The summed E-state index contributed by atoms with van der Waals surface area (Å²) in [5, 5.41) is 2.30. The second-order valence-electron chi connectivity index (χ2n) is 5.42. The Bertz CT molecular complexity index is 618. The zero-order valence-corrected chi connectivity index (χ0v) is 14.7. The summed E-state index contributed by atoms with van der Waals surface area (Å²) in [4.78, 5) is 33.3. The number of unbranched alkanes of at least 4 members (excludes halogenated alkanes) is 1. The number of hydrogen-bond donors (Lipinski definition) is 2. The highest BCUT2D eigenvalue weighted by atomic mass is 32.2. The fourth-order valence-electron chi connectivity index (χ4n) is 2.13. The molecule has 6 nitrogen and oxygen atoms in total. The van der Waals surface area contributed by atoms with Crippen molar-refractivity contribution in [1.29, 1.82) is 0 Å². The molecule has 2 amide bonds. The van der Waals surface area contributed by atoms with Crippen molar-refractivity contribution in [2.75, 3.05) is 12.9 Å². The van der Waals surface area contributed by atoms with E-state index in [2.05, 4.69) is 4.74 Å². The van der Waals surface area contributed by atoms with Gasteiger partial charge in [-0.25, -0.2) is 0 Å². The zero-order chi connectivity index (χ0) is 20.8. The van der Waals surface area contributed by atoms with E-state index < -0.39 is 46.8 Å². The average Bonchev–Trinajstić information content (AvgIpc) is 2.91. The van der Waals surface area contributed by atoms with Crippen LogP contribution in [0.4, 0.5) is 26.3 Å². The molecular weight excluding hydrogens is 406 g/mol. The quantitative estimate of drug-likeness (QED) is 0.374. The number of halogens is 6. The van der Waals surface area contributed by atoms with Crippen LogP contribution < -0.4 is 10.6 Å². The van der Waals surface area contributed by atoms with Crippen molar-refractivity contribution >= 4 is 29.5 Å². The maximum absolute atomic E-state index is 12.5. The number of esters is 1. The fraction of sp³-hybridized carbons (Fsp3) is 0.643. The lowest BCUT2D eigenvalue weighted by atomic mass is 10.1. The largest absolute Gasteiger partial charge is 0.471 e. The molecule has 154 valence electrons. The SMILES string of the molecule is COC(=O)CCCCC1SCC(NC(=O)C(F)(F)F)=C1NC(=O)C(F)(F)F. The number of rotatable bonds is 7. The number of hydrogen-bond acceptors (Lipinski definition) is 5. The van der Waals surface area contributed by atoms with Crippen molar-refractivity contribution in [2.45, 2.75) is 43.3 Å². The molecule has 0 spiro atoms. The third-order valence-electron chi connectivity index (χ3n) is 3.43. The number of methoxy groups -OCH3 is 1. The smallest absolute Gasteiger partial charge is 0.469 e. The van der Waals surface area contributed by atoms with E-state index >= 15 is 0 Å². The lowest BCUT2D eigenvalue weighted by Gasteiger charge is -2.17. The van der Waals surface area contributed by atoms with Crippen molar-refractivity contribution in [3.8, 4) is 0 Å². The van der Waals surface area contributed by atoms with Gasteiger partial charge in [0.05, 0.1) is 12.8 Å². The molecule has 0 aromatic carbocycles. The molecule has 1 unspecified atom stereocenters. The van der Waals surface area contributed by atoms with Gasteiger partial charge in [0, 0.05) is 23.1 Å². The summed E-state index contributed by atoms with van der Waals surface area (Å²) in [7, 11) is 1.19. The highest BCUT2D eigenvalue weighted by molar-refractivity contribution is 8.00. The molecule has 2 N–H and O–H groups in total. The fourth-order valence-corrected chi connectivity index (χ4v) is 3.43. The molecule has 0 bridgehead atoms. The van der Waals surface area contributed by atoms with Gasteiger partial charge >= 0.3 is 30.1 Å². The van der Waals surface area contributed by atoms with Crippen molar-refractivity contribution in [2.24, 2.45) is 0 Å². The second kappa shape index (κ2) is 9.33. The number of thioether (sulfide) groups is 1. The summed E-state index contributed by atoms with van der Waals surface area (Å²) in [5.41, 5.74) is -0.851. The van der Waals surface area contributed by atoms with Crippen LogP contribution in [0.1, 0.15) is 25.7 Å². The Labute approximate surface area is 154 Å². The Morgan fingerprint density at radius 3 is 2.11 bits per heavy atom. The minimum absolute atomic E-state index is 0.0690. The first-order valence-corrected chi connectivity index (χ1v) is 8.59. The molecule has 0 fully saturated rings. The van der Waals surface area contributed by atoms with E-state index in [9.17, 15) is 40.7 Å². The molecule has 27 heavy (non-hydrogen) atoms. The molecule has 1 rings (SSSR count). The third kappa shape index (κ3) is 7.31. The molecule has 0 saturated carbocycles. The Morgan fingerprint density at radius 1 is 1.04 bits per heavy atom. The summed E-state index contributed by atoms with van der Waals surface area (Å²) >= 11 is 0.974. The normalized spacial score (nSPS) is 17.7. The Morgan fingerprint density at radius 2 is 1.59 bits per heavy atom. The number of ether oxygens (including phenoxy) is 1. The summed E-state index contributed by atoms with van der Waals surface area (Å²) in [5.74, 6) is -5.38. The predicted octanol–water partition coefficient (Wildman–Crippen LogP) is 2.40. The number of carbonyl (C=O) groups is 3. The summed E-state index contributed by atoms with van der Waals surface area (Å²) in [6.45, 7) is 0. The van der Waals surface area contributed by atoms with Crippen LogP contribution in [0.2, 0.25) is 0 Å². The summed E-state index contributed by atoms with van der Waals surface area (Å²) in [6.07, 6.45) is -9.53. The molecule has 1 heterocycles. The zero-order valence-electron chi connectivity index (χ0n) is 13.9. The molecule has 0 aromatic heterocycles. The van der Waals surface area contributed by atoms with Crippen LogP contribution in [0.25, 0.3) is 0 Å². The van der Waals surface area contributed by atoms with Gasteiger partial charge in [0.25, 0.3) is 0 Å². The van der Waals surface area contributed by atoms with E-state index in [4.69, 9.17) is 0 Å². The van der Waals surface area contributed by atoms with Crippen LogP contribution in [0.3, 0.4) is 0 Å². The molecule has 1 atom stereocenters. The van der Waals surface area contributed by atoms with Gasteiger partial charge in [0.2, 0.25) is 0 Å². The van der Waals surface area contributed by atoms with Crippen molar-refractivity contribution in [3.63, 3.8) is 0 Å². The van der Waals surface area contributed by atoms with E-state index in [1.165, 1.54) is 12.4 Å². The maximum Gasteiger partial charge on any atom is 0.471 e. The second-order valence-corrected chi connectivity index (χ2v) is 6.61. The lowest BCUT2D eigenvalue weighted by molar-refractivity contribution is -0.173. The standard InChI is InChI=1S/C14H16F6N2O4S/c1-26-9(23)5-3-2-4-8-10(22-12(25)14(18,19)20)7(6-27-8)21-11(24)13(15,16)17/h8H,2-6H2,1H3,(H,21,24)(H,22,25). The number of alkyl halides is 6. The minimum Gasteiger partial charge on any atom is -0.469 e. The first kappa shape index (κ1) is 23.1. The summed E-state index contributed by atoms with van der Waals surface area (Å²) in [6, 6.07) is 0. The summed E-state index contributed by atoms with van der Waals surface area (Å²) < 4.78 is 79.0. The van der Waals surface area contributed by atoms with Crippen LogP contribution in [0.5, 0.6) is 0 Å². The van der Waals surface area contributed by atoms with Gasteiger partial charge in [-0.1, -0.05) is 6.42 Å². The molecule has 13 heteroatoms. The average molecular weight is 422 g/mol. The molecular formula is C14H16F6N2O4S. The van der Waals surface area contributed by atoms with Crippen molar-refractivity contribution in [3.05, 3.63) is 11.4 Å². The Hall–Kier alpha value is -1.92. The third-order valence-corrected chi connectivity index (χ3v) is 4.76. The van der Waals surface area contributed by atoms with E-state index in [1.54, 1.807) is 5.32 Å². The van der Waals surface area contributed by atoms with Gasteiger partial charge in [0.1, 0.15) is 0 Å². The molecule has 0 radical (unpaired) electrons. The Balaban J connectivity index is 2.87. The molecule has 1 aliphatic heterocycles. The maximum atomic E-state index is 12.5.